The summed E-state index contributed by atoms with van der Waals surface area (Å²) in [5.74, 6) is 1.03. The van der Waals surface area contributed by atoms with Crippen molar-refractivity contribution in [2.24, 2.45) is 5.73 Å². The first-order chi connectivity index (χ1) is 8.94. The molecule has 19 heavy (non-hydrogen) atoms. The maximum atomic E-state index is 12.0. The Morgan fingerprint density at radius 1 is 1.42 bits per heavy atom. The van der Waals surface area contributed by atoms with E-state index in [-0.39, 0.29) is 5.54 Å². The van der Waals surface area contributed by atoms with Crippen LogP contribution in [0.25, 0.3) is 0 Å². The van der Waals surface area contributed by atoms with Gasteiger partial charge in [0.25, 0.3) is 0 Å². The molecule has 4 nitrogen and oxygen atoms in total. The SMILES string of the molecule is CC(C)(N)CS(=O)Cc1ccn(C2CCCCC2)n1. The molecule has 2 rings (SSSR count). The summed E-state index contributed by atoms with van der Waals surface area (Å²) in [7, 11) is -0.933. The molecule has 1 unspecified atom stereocenters. The summed E-state index contributed by atoms with van der Waals surface area (Å²) >= 11 is 0. The van der Waals surface area contributed by atoms with Crippen LogP contribution < -0.4 is 5.73 Å². The lowest BCUT2D eigenvalue weighted by Crippen LogP contribution is -2.38. The van der Waals surface area contributed by atoms with Gasteiger partial charge in [-0.25, -0.2) is 0 Å². The van der Waals surface area contributed by atoms with Crippen molar-refractivity contribution in [3.63, 3.8) is 0 Å². The minimum atomic E-state index is -0.933. The quantitative estimate of drug-likeness (QED) is 0.902. The fourth-order valence-corrected chi connectivity index (χ4v) is 4.05. The summed E-state index contributed by atoms with van der Waals surface area (Å²) in [6.45, 7) is 3.82. The van der Waals surface area contributed by atoms with E-state index in [9.17, 15) is 4.21 Å². The van der Waals surface area contributed by atoms with Crippen LogP contribution in [0.5, 0.6) is 0 Å². The van der Waals surface area contributed by atoms with Crippen molar-refractivity contribution < 1.29 is 4.21 Å². The molecule has 1 atom stereocenters. The van der Waals surface area contributed by atoms with E-state index in [1.165, 1.54) is 32.1 Å². The molecule has 1 saturated carbocycles. The molecule has 0 saturated heterocycles. The second kappa shape index (κ2) is 6.18. The van der Waals surface area contributed by atoms with Gasteiger partial charge in [-0.1, -0.05) is 19.3 Å². The number of hydrogen-bond acceptors (Lipinski definition) is 3. The summed E-state index contributed by atoms with van der Waals surface area (Å²) in [5.41, 5.74) is 6.44. The highest BCUT2D eigenvalue weighted by Gasteiger charge is 2.18. The zero-order chi connectivity index (χ0) is 13.9. The Morgan fingerprint density at radius 2 is 2.11 bits per heavy atom. The minimum absolute atomic E-state index is 0.378. The molecule has 1 aliphatic rings. The third-order valence-corrected chi connectivity index (χ3v) is 5.14. The number of nitrogens with two attached hydrogens (primary N) is 1. The molecule has 0 aliphatic heterocycles. The summed E-state index contributed by atoms with van der Waals surface area (Å²) in [6, 6.07) is 2.54. The van der Waals surface area contributed by atoms with Gasteiger partial charge in [-0.3, -0.25) is 8.89 Å². The van der Waals surface area contributed by atoms with Crippen molar-refractivity contribution in [1.82, 2.24) is 9.78 Å². The van der Waals surface area contributed by atoms with Crippen LogP contribution in [0.4, 0.5) is 0 Å². The van der Waals surface area contributed by atoms with Gasteiger partial charge in [-0.05, 0) is 32.8 Å². The highest BCUT2D eigenvalue weighted by atomic mass is 32.2. The largest absolute Gasteiger partial charge is 0.325 e. The lowest BCUT2D eigenvalue weighted by Gasteiger charge is -2.21. The second-order valence-electron chi connectivity index (χ2n) is 6.30. The van der Waals surface area contributed by atoms with Gasteiger partial charge in [0, 0.05) is 28.3 Å². The molecular formula is C14H25N3OS. The van der Waals surface area contributed by atoms with Crippen molar-refractivity contribution in [2.45, 2.75) is 63.3 Å². The number of hydrogen-bond donors (Lipinski definition) is 1. The monoisotopic (exact) mass is 283 g/mol. The first-order valence-electron chi connectivity index (χ1n) is 7.12. The second-order valence-corrected chi connectivity index (χ2v) is 7.75. The summed E-state index contributed by atoms with van der Waals surface area (Å²) < 4.78 is 14.1. The van der Waals surface area contributed by atoms with Crippen molar-refractivity contribution in [3.05, 3.63) is 18.0 Å². The maximum absolute atomic E-state index is 12.0. The fourth-order valence-electron chi connectivity index (χ4n) is 2.63. The molecule has 0 bridgehead atoms. The van der Waals surface area contributed by atoms with Crippen LogP contribution in [-0.4, -0.2) is 25.3 Å². The third kappa shape index (κ3) is 4.73. The van der Waals surface area contributed by atoms with Crippen LogP contribution in [0.15, 0.2) is 12.3 Å². The third-order valence-electron chi connectivity index (χ3n) is 3.45. The molecule has 1 heterocycles. The van der Waals surface area contributed by atoms with E-state index < -0.39 is 10.8 Å². The molecule has 0 radical (unpaired) electrons. The predicted octanol–water partition coefficient (Wildman–Crippen LogP) is 2.37. The zero-order valence-electron chi connectivity index (χ0n) is 12.0. The lowest BCUT2D eigenvalue weighted by molar-refractivity contribution is 0.328. The molecule has 1 fully saturated rings. The van der Waals surface area contributed by atoms with E-state index in [0.29, 0.717) is 17.5 Å². The van der Waals surface area contributed by atoms with Gasteiger partial charge in [-0.15, -0.1) is 0 Å². The van der Waals surface area contributed by atoms with Gasteiger partial charge in [0.05, 0.1) is 17.5 Å². The van der Waals surface area contributed by atoms with Gasteiger partial charge in [-0.2, -0.15) is 5.10 Å². The summed E-state index contributed by atoms with van der Waals surface area (Å²) in [4.78, 5) is 0. The van der Waals surface area contributed by atoms with E-state index in [4.69, 9.17) is 5.73 Å². The summed E-state index contributed by atoms with van der Waals surface area (Å²) in [6.07, 6.45) is 8.43. The van der Waals surface area contributed by atoms with E-state index in [1.807, 2.05) is 26.1 Å². The number of rotatable bonds is 5. The molecule has 0 amide bonds. The Kier molecular flexibility index (Phi) is 4.79. The van der Waals surface area contributed by atoms with Crippen molar-refractivity contribution in [3.8, 4) is 0 Å². The van der Waals surface area contributed by atoms with E-state index in [0.717, 1.165) is 5.69 Å². The van der Waals surface area contributed by atoms with E-state index in [1.54, 1.807) is 0 Å². The Labute approximate surface area is 118 Å². The zero-order valence-corrected chi connectivity index (χ0v) is 12.8. The maximum Gasteiger partial charge on any atom is 0.0749 e. The molecule has 1 aromatic rings. The molecule has 5 heteroatoms. The van der Waals surface area contributed by atoms with Crippen molar-refractivity contribution in [2.75, 3.05) is 5.75 Å². The van der Waals surface area contributed by atoms with Crippen LogP contribution in [0.3, 0.4) is 0 Å². The first-order valence-corrected chi connectivity index (χ1v) is 8.61. The Morgan fingerprint density at radius 3 is 2.74 bits per heavy atom. The van der Waals surface area contributed by atoms with Gasteiger partial charge >= 0.3 is 0 Å². The van der Waals surface area contributed by atoms with Gasteiger partial charge in [0.2, 0.25) is 0 Å². The topological polar surface area (TPSA) is 60.9 Å². The average molecular weight is 283 g/mol. The van der Waals surface area contributed by atoms with E-state index >= 15 is 0 Å². The van der Waals surface area contributed by atoms with Gasteiger partial charge in [0.15, 0.2) is 0 Å². The smallest absolute Gasteiger partial charge is 0.0749 e. The van der Waals surface area contributed by atoms with Crippen molar-refractivity contribution >= 4 is 10.8 Å². The Bertz CT molecular complexity index is 430. The molecule has 1 aliphatic carbocycles. The average Bonchev–Trinajstić information content (AvgIpc) is 2.76. The molecule has 0 spiro atoms. The fraction of sp³-hybridized carbons (Fsp3) is 0.786. The molecular weight excluding hydrogens is 258 g/mol. The Balaban J connectivity index is 1.91. The number of nitrogens with zero attached hydrogens (tertiary/aromatic N) is 2. The van der Waals surface area contributed by atoms with Crippen molar-refractivity contribution in [1.29, 1.82) is 0 Å². The predicted molar refractivity (Wildman–Crippen MR) is 79.3 cm³/mol. The van der Waals surface area contributed by atoms with Crippen LogP contribution in [-0.2, 0) is 16.6 Å². The Hall–Kier alpha value is -0.680. The van der Waals surface area contributed by atoms with Crippen LogP contribution >= 0.6 is 0 Å². The molecule has 2 N–H and O–H groups in total. The standard InChI is InChI=1S/C14H25N3OS/c1-14(2,15)11-19(18)10-12-8-9-17(16-12)13-6-4-3-5-7-13/h8-9,13H,3-7,10-11,15H2,1-2H3. The van der Waals surface area contributed by atoms with Gasteiger partial charge in [0.1, 0.15) is 0 Å². The van der Waals surface area contributed by atoms with Gasteiger partial charge < -0.3 is 5.73 Å². The van der Waals surface area contributed by atoms with Crippen LogP contribution in [0.1, 0.15) is 57.7 Å². The van der Waals surface area contributed by atoms with Crippen LogP contribution in [0, 0.1) is 0 Å². The highest BCUT2D eigenvalue weighted by Crippen LogP contribution is 2.27. The van der Waals surface area contributed by atoms with Crippen LogP contribution in [0.2, 0.25) is 0 Å². The number of aromatic nitrogens is 2. The molecule has 108 valence electrons. The van der Waals surface area contributed by atoms with E-state index in [2.05, 4.69) is 9.78 Å². The lowest BCUT2D eigenvalue weighted by atomic mass is 9.96. The summed E-state index contributed by atoms with van der Waals surface area (Å²) in [5, 5.41) is 4.59. The normalized spacial score (nSPS) is 19.5. The minimum Gasteiger partial charge on any atom is -0.325 e. The molecule has 0 aromatic carbocycles. The first kappa shape index (κ1) is 14.7. The highest BCUT2D eigenvalue weighted by molar-refractivity contribution is 7.84. The molecule has 1 aromatic heterocycles.